The van der Waals surface area contributed by atoms with Crippen LogP contribution < -0.4 is 10.1 Å². The SMILES string of the molecule is Cc1c(NC(=O)c2cc(F)cc(Br)c2)cccc1OC(F)F. The van der Waals surface area contributed by atoms with Crippen LogP contribution in [0.25, 0.3) is 0 Å². The Hall–Kier alpha value is -2.02. The van der Waals surface area contributed by atoms with E-state index in [0.717, 1.165) is 6.07 Å². The van der Waals surface area contributed by atoms with Crippen molar-refractivity contribution in [3.05, 3.63) is 57.8 Å². The highest BCUT2D eigenvalue weighted by Crippen LogP contribution is 2.27. The van der Waals surface area contributed by atoms with Crippen LogP contribution in [-0.4, -0.2) is 12.5 Å². The molecule has 0 aromatic heterocycles. The van der Waals surface area contributed by atoms with Crippen molar-refractivity contribution >= 4 is 27.5 Å². The minimum absolute atomic E-state index is 0.0341. The predicted octanol–water partition coefficient (Wildman–Crippen LogP) is 4.75. The summed E-state index contributed by atoms with van der Waals surface area (Å²) in [6.45, 7) is -1.42. The fourth-order valence-corrected chi connectivity index (χ4v) is 2.32. The molecule has 0 bridgehead atoms. The molecule has 2 aromatic rings. The topological polar surface area (TPSA) is 38.3 Å². The predicted molar refractivity (Wildman–Crippen MR) is 79.9 cm³/mol. The monoisotopic (exact) mass is 373 g/mol. The third kappa shape index (κ3) is 4.00. The van der Waals surface area contributed by atoms with Gasteiger partial charge in [0.1, 0.15) is 11.6 Å². The van der Waals surface area contributed by atoms with Gasteiger partial charge in [0.15, 0.2) is 0 Å². The summed E-state index contributed by atoms with van der Waals surface area (Å²) in [6.07, 6.45) is 0. The highest BCUT2D eigenvalue weighted by atomic mass is 79.9. The summed E-state index contributed by atoms with van der Waals surface area (Å²) < 4.78 is 42.7. The van der Waals surface area contributed by atoms with Crippen LogP contribution in [0.4, 0.5) is 18.9 Å². The van der Waals surface area contributed by atoms with E-state index in [1.807, 2.05) is 0 Å². The number of amides is 1. The Labute approximate surface area is 133 Å². The van der Waals surface area contributed by atoms with Crippen LogP contribution in [0.15, 0.2) is 40.9 Å². The van der Waals surface area contributed by atoms with Gasteiger partial charge in [-0.2, -0.15) is 8.78 Å². The Bertz CT molecular complexity index is 687. The Morgan fingerprint density at radius 1 is 1.27 bits per heavy atom. The number of halogens is 4. The zero-order valence-corrected chi connectivity index (χ0v) is 13.0. The van der Waals surface area contributed by atoms with Crippen LogP contribution in [0.2, 0.25) is 0 Å². The molecule has 0 aliphatic rings. The summed E-state index contributed by atoms with van der Waals surface area (Å²) >= 11 is 3.10. The van der Waals surface area contributed by atoms with Gasteiger partial charge in [-0.3, -0.25) is 4.79 Å². The van der Waals surface area contributed by atoms with Crippen molar-refractivity contribution in [1.29, 1.82) is 0 Å². The molecule has 1 N–H and O–H groups in total. The number of hydrogen-bond donors (Lipinski definition) is 1. The lowest BCUT2D eigenvalue weighted by Crippen LogP contribution is -2.14. The second-order valence-corrected chi connectivity index (χ2v) is 5.34. The van der Waals surface area contributed by atoms with E-state index in [1.54, 1.807) is 6.07 Å². The van der Waals surface area contributed by atoms with Gasteiger partial charge >= 0.3 is 6.61 Å². The summed E-state index contributed by atoms with van der Waals surface area (Å²) in [7, 11) is 0. The minimum atomic E-state index is -2.95. The van der Waals surface area contributed by atoms with Gasteiger partial charge < -0.3 is 10.1 Å². The van der Waals surface area contributed by atoms with Gasteiger partial charge in [-0.1, -0.05) is 22.0 Å². The molecule has 0 fully saturated rings. The maximum Gasteiger partial charge on any atom is 0.387 e. The molecule has 22 heavy (non-hydrogen) atoms. The summed E-state index contributed by atoms with van der Waals surface area (Å²) in [5.41, 5.74) is 0.765. The zero-order valence-electron chi connectivity index (χ0n) is 11.4. The fourth-order valence-electron chi connectivity index (χ4n) is 1.85. The standard InChI is InChI=1S/C15H11BrF3NO2/c1-8-12(3-2-4-13(8)22-15(18)19)20-14(21)9-5-10(16)7-11(17)6-9/h2-7,15H,1H3,(H,20,21). The van der Waals surface area contributed by atoms with Gasteiger partial charge in [-0.15, -0.1) is 0 Å². The molecule has 0 aliphatic carbocycles. The van der Waals surface area contributed by atoms with Crippen molar-refractivity contribution in [1.82, 2.24) is 0 Å². The van der Waals surface area contributed by atoms with Gasteiger partial charge in [0.05, 0.1) is 0 Å². The third-order valence-corrected chi connectivity index (χ3v) is 3.33. The van der Waals surface area contributed by atoms with Crippen LogP contribution in [0.1, 0.15) is 15.9 Å². The van der Waals surface area contributed by atoms with Crippen molar-refractivity contribution in [2.75, 3.05) is 5.32 Å². The van der Waals surface area contributed by atoms with Gasteiger partial charge in [-0.05, 0) is 37.3 Å². The molecular weight excluding hydrogens is 363 g/mol. The van der Waals surface area contributed by atoms with Gasteiger partial charge in [0, 0.05) is 21.3 Å². The van der Waals surface area contributed by atoms with Crippen molar-refractivity contribution in [2.24, 2.45) is 0 Å². The minimum Gasteiger partial charge on any atom is -0.434 e. The van der Waals surface area contributed by atoms with E-state index in [1.165, 1.54) is 31.2 Å². The van der Waals surface area contributed by atoms with Crippen LogP contribution in [0.5, 0.6) is 5.75 Å². The van der Waals surface area contributed by atoms with E-state index in [4.69, 9.17) is 0 Å². The number of carbonyl (C=O) groups excluding carboxylic acids is 1. The maximum atomic E-state index is 13.3. The van der Waals surface area contributed by atoms with Crippen LogP contribution >= 0.6 is 15.9 Å². The Morgan fingerprint density at radius 2 is 2.00 bits per heavy atom. The number of rotatable bonds is 4. The van der Waals surface area contributed by atoms with Gasteiger partial charge in [0.25, 0.3) is 5.91 Å². The largest absolute Gasteiger partial charge is 0.434 e. The molecule has 3 nitrogen and oxygen atoms in total. The first-order chi connectivity index (χ1) is 10.4. The molecular formula is C15H11BrF3NO2. The van der Waals surface area contributed by atoms with Gasteiger partial charge in [0.2, 0.25) is 0 Å². The van der Waals surface area contributed by atoms with E-state index in [-0.39, 0.29) is 11.3 Å². The number of benzene rings is 2. The Morgan fingerprint density at radius 3 is 2.64 bits per heavy atom. The van der Waals surface area contributed by atoms with Crippen LogP contribution in [0.3, 0.4) is 0 Å². The molecule has 7 heteroatoms. The van der Waals surface area contributed by atoms with Crippen LogP contribution in [-0.2, 0) is 0 Å². The second kappa shape index (κ2) is 6.83. The molecule has 0 saturated carbocycles. The molecule has 0 spiro atoms. The van der Waals surface area contributed by atoms with E-state index in [9.17, 15) is 18.0 Å². The van der Waals surface area contributed by atoms with Crippen LogP contribution in [0, 0.1) is 12.7 Å². The average Bonchev–Trinajstić information content (AvgIpc) is 2.41. The number of nitrogens with one attached hydrogen (secondary N) is 1. The van der Waals surface area contributed by atoms with Crippen molar-refractivity contribution in [3.63, 3.8) is 0 Å². The van der Waals surface area contributed by atoms with Crippen molar-refractivity contribution in [3.8, 4) is 5.75 Å². The first kappa shape index (κ1) is 16.4. The number of hydrogen-bond acceptors (Lipinski definition) is 2. The molecule has 0 unspecified atom stereocenters. The van der Waals surface area contributed by atoms with E-state index < -0.39 is 18.3 Å². The number of anilines is 1. The summed E-state index contributed by atoms with van der Waals surface area (Å²) in [6, 6.07) is 8.14. The molecule has 0 saturated heterocycles. The molecule has 0 radical (unpaired) electrons. The Kier molecular flexibility index (Phi) is 5.07. The molecule has 2 aromatic carbocycles. The number of alkyl halides is 2. The summed E-state index contributed by atoms with van der Waals surface area (Å²) in [4.78, 5) is 12.1. The van der Waals surface area contributed by atoms with Gasteiger partial charge in [-0.25, -0.2) is 4.39 Å². The number of ether oxygens (including phenoxy) is 1. The molecule has 1 amide bonds. The van der Waals surface area contributed by atoms with Crippen molar-refractivity contribution < 1.29 is 22.7 Å². The summed E-state index contributed by atoms with van der Waals surface area (Å²) in [5.74, 6) is -1.16. The molecule has 0 aliphatic heterocycles. The van der Waals surface area contributed by atoms with E-state index in [0.29, 0.717) is 15.7 Å². The third-order valence-electron chi connectivity index (χ3n) is 2.87. The molecule has 2 rings (SSSR count). The lowest BCUT2D eigenvalue weighted by Gasteiger charge is -2.13. The highest BCUT2D eigenvalue weighted by molar-refractivity contribution is 9.10. The second-order valence-electron chi connectivity index (χ2n) is 4.42. The first-order valence-electron chi connectivity index (χ1n) is 6.18. The van der Waals surface area contributed by atoms with E-state index >= 15 is 0 Å². The average molecular weight is 374 g/mol. The van der Waals surface area contributed by atoms with E-state index in [2.05, 4.69) is 26.0 Å². The zero-order chi connectivity index (χ0) is 16.3. The molecule has 0 heterocycles. The highest BCUT2D eigenvalue weighted by Gasteiger charge is 2.13. The fraction of sp³-hybridized carbons (Fsp3) is 0.133. The smallest absolute Gasteiger partial charge is 0.387 e. The molecule has 0 atom stereocenters. The number of carbonyl (C=O) groups is 1. The molecule has 116 valence electrons. The lowest BCUT2D eigenvalue weighted by molar-refractivity contribution is -0.0502. The summed E-state index contributed by atoms with van der Waals surface area (Å²) in [5, 5.41) is 2.54. The Balaban J connectivity index is 2.25. The first-order valence-corrected chi connectivity index (χ1v) is 6.98. The van der Waals surface area contributed by atoms with Crippen molar-refractivity contribution in [2.45, 2.75) is 13.5 Å². The lowest BCUT2D eigenvalue weighted by atomic mass is 10.1. The quantitative estimate of drug-likeness (QED) is 0.839. The maximum absolute atomic E-state index is 13.3. The normalized spacial score (nSPS) is 10.6.